The molecular formula is C9H8Mg3O9P2. The van der Waals surface area contributed by atoms with Crippen LogP contribution in [0.25, 0.3) is 6.08 Å². The Morgan fingerprint density at radius 1 is 0.826 bits per heavy atom. The first-order chi connectivity index (χ1) is 8.97. The molecule has 1 aromatic rings. The van der Waals surface area contributed by atoms with Gasteiger partial charge in [0, 0.05) is 5.56 Å². The monoisotopic (exact) mass is 394 g/mol. The van der Waals surface area contributed by atoms with E-state index in [2.05, 4.69) is 6.08 Å². The fourth-order valence-corrected chi connectivity index (χ4v) is 1.06. The van der Waals surface area contributed by atoms with Crippen molar-refractivity contribution in [1.29, 1.82) is 0 Å². The van der Waals surface area contributed by atoms with Gasteiger partial charge in [-0.3, -0.25) is 0 Å². The van der Waals surface area contributed by atoms with Gasteiger partial charge in [-0.2, -0.15) is 15.6 Å². The normalized spacial score (nSPS) is 11.2. The fraction of sp³-hybridized carbons (Fsp3) is 0.111. The van der Waals surface area contributed by atoms with Crippen molar-refractivity contribution < 1.29 is 43.2 Å². The molecule has 1 heterocycles. The van der Waals surface area contributed by atoms with E-state index in [1.807, 2.05) is 30.3 Å². The molecule has 1 aliphatic heterocycles. The standard InChI is InChI=1S/C9H8O.3Mg.2H3O4P/c1-2-6-9-8(4-1)5-3-7-10-9;;;;2*1-5(2,3)4/h1-6H,7H2;;;;2*(H3,1,2,3,4)/q;3*+2;;/p-6. The van der Waals surface area contributed by atoms with E-state index in [-0.39, 0.29) is 69.2 Å². The van der Waals surface area contributed by atoms with E-state index in [1.165, 1.54) is 5.56 Å². The summed E-state index contributed by atoms with van der Waals surface area (Å²) in [6.45, 7) is 0.705. The minimum atomic E-state index is -5.39. The predicted octanol–water partition coefficient (Wildman–Crippen LogP) is -4.70. The SMILES string of the molecule is C1=Cc2ccccc2OC1.O=P([O-])([O-])[O-].O=P([O-])([O-])[O-].[Mg+2].[Mg+2].[Mg+2]. The third-order valence-corrected chi connectivity index (χ3v) is 1.55. The largest absolute Gasteiger partial charge is 2.00 e. The van der Waals surface area contributed by atoms with E-state index in [9.17, 15) is 0 Å². The molecule has 0 aliphatic carbocycles. The molecular weight excluding hydrogens is 387 g/mol. The molecule has 0 spiro atoms. The summed E-state index contributed by atoms with van der Waals surface area (Å²) in [6.07, 6.45) is 4.10. The number of phosphoric acid groups is 2. The van der Waals surface area contributed by atoms with Crippen molar-refractivity contribution in [3.8, 4) is 5.75 Å². The van der Waals surface area contributed by atoms with E-state index < -0.39 is 15.6 Å². The summed E-state index contributed by atoms with van der Waals surface area (Å²) in [5.41, 5.74) is 1.17. The van der Waals surface area contributed by atoms with Crippen LogP contribution >= 0.6 is 15.6 Å². The summed E-state index contributed by atoms with van der Waals surface area (Å²) in [5, 5.41) is 0. The van der Waals surface area contributed by atoms with Crippen LogP contribution < -0.4 is 34.1 Å². The smallest absolute Gasteiger partial charge is 0.822 e. The van der Waals surface area contributed by atoms with Crippen LogP contribution in [0.5, 0.6) is 5.75 Å². The third kappa shape index (κ3) is 28.4. The molecule has 23 heavy (non-hydrogen) atoms. The van der Waals surface area contributed by atoms with Gasteiger partial charge in [0.1, 0.15) is 12.4 Å². The van der Waals surface area contributed by atoms with E-state index in [1.54, 1.807) is 0 Å². The number of hydrogen-bond acceptors (Lipinski definition) is 9. The number of hydrogen-bond donors (Lipinski definition) is 0. The molecule has 0 unspecified atom stereocenters. The number of ether oxygens (including phenoxy) is 1. The van der Waals surface area contributed by atoms with Gasteiger partial charge in [-0.15, -0.1) is 0 Å². The Hall–Kier alpha value is 1.28. The summed E-state index contributed by atoms with van der Waals surface area (Å²) in [4.78, 5) is 51.3. The summed E-state index contributed by atoms with van der Waals surface area (Å²) in [7, 11) is -10.8. The van der Waals surface area contributed by atoms with Crippen molar-refractivity contribution in [2.45, 2.75) is 0 Å². The Bertz CT molecular complexity index is 506. The van der Waals surface area contributed by atoms with E-state index in [0.29, 0.717) is 6.61 Å². The predicted molar refractivity (Wildman–Crippen MR) is 73.4 cm³/mol. The second-order valence-corrected chi connectivity index (χ2v) is 4.93. The Morgan fingerprint density at radius 3 is 1.61 bits per heavy atom. The van der Waals surface area contributed by atoms with Gasteiger partial charge >= 0.3 is 69.2 Å². The fourth-order valence-electron chi connectivity index (χ4n) is 1.06. The minimum absolute atomic E-state index is 0. The molecule has 0 bridgehead atoms. The van der Waals surface area contributed by atoms with Crippen molar-refractivity contribution in [3.05, 3.63) is 35.9 Å². The van der Waals surface area contributed by atoms with Crippen molar-refractivity contribution in [1.82, 2.24) is 0 Å². The van der Waals surface area contributed by atoms with Crippen LogP contribution in [0.15, 0.2) is 30.3 Å². The average Bonchev–Trinajstić information content (AvgIpc) is 2.25. The third-order valence-electron chi connectivity index (χ3n) is 1.55. The van der Waals surface area contributed by atoms with Gasteiger partial charge in [-0.05, 0) is 12.1 Å². The van der Waals surface area contributed by atoms with Gasteiger partial charge in [0.05, 0.1) is 0 Å². The van der Waals surface area contributed by atoms with Gasteiger partial charge in [-0.25, -0.2) is 0 Å². The van der Waals surface area contributed by atoms with Crippen LogP contribution in [0.2, 0.25) is 0 Å². The minimum Gasteiger partial charge on any atom is -0.822 e. The van der Waals surface area contributed by atoms with Crippen LogP contribution in [-0.4, -0.2) is 75.8 Å². The molecule has 0 saturated carbocycles. The maximum Gasteiger partial charge on any atom is 2.00 e. The molecule has 0 aromatic heterocycles. The Morgan fingerprint density at radius 2 is 1.22 bits per heavy atom. The number of fused-ring (bicyclic) bond motifs is 1. The van der Waals surface area contributed by atoms with Crippen molar-refractivity contribution >= 4 is 90.9 Å². The summed E-state index contributed by atoms with van der Waals surface area (Å²) >= 11 is 0. The Balaban J connectivity index is -0.000000123. The maximum absolute atomic E-state index is 8.55. The Labute approximate surface area is 181 Å². The molecule has 0 atom stereocenters. The summed E-state index contributed by atoms with van der Waals surface area (Å²) in [5.74, 6) is 0.991. The number of para-hydroxylation sites is 1. The molecule has 114 valence electrons. The molecule has 1 aromatic carbocycles. The van der Waals surface area contributed by atoms with Crippen molar-refractivity contribution in [2.24, 2.45) is 0 Å². The molecule has 0 amide bonds. The molecule has 2 rings (SSSR count). The summed E-state index contributed by atoms with van der Waals surface area (Å²) < 4.78 is 22.4. The number of benzene rings is 1. The molecule has 0 radical (unpaired) electrons. The van der Waals surface area contributed by atoms with Gasteiger partial charge in [-0.1, -0.05) is 24.3 Å². The first-order valence-corrected chi connectivity index (χ1v) is 7.73. The zero-order valence-electron chi connectivity index (χ0n) is 11.9. The van der Waals surface area contributed by atoms with Crippen molar-refractivity contribution in [3.63, 3.8) is 0 Å². The molecule has 9 nitrogen and oxygen atoms in total. The second-order valence-electron chi connectivity index (χ2n) is 3.15. The zero-order valence-corrected chi connectivity index (χ0v) is 17.9. The van der Waals surface area contributed by atoms with Crippen LogP contribution in [0.1, 0.15) is 5.56 Å². The Kier molecular flexibility index (Phi) is 21.6. The van der Waals surface area contributed by atoms with Gasteiger partial charge in [0.25, 0.3) is 0 Å². The summed E-state index contributed by atoms with van der Waals surface area (Å²) in [6, 6.07) is 8.03. The van der Waals surface area contributed by atoms with Crippen LogP contribution in [0.4, 0.5) is 0 Å². The van der Waals surface area contributed by atoms with Crippen LogP contribution in [0, 0.1) is 0 Å². The van der Waals surface area contributed by atoms with E-state index in [4.69, 9.17) is 43.2 Å². The first-order valence-electron chi connectivity index (χ1n) is 4.81. The van der Waals surface area contributed by atoms with E-state index >= 15 is 0 Å². The zero-order chi connectivity index (χ0) is 15.8. The van der Waals surface area contributed by atoms with Crippen LogP contribution in [-0.2, 0) is 9.13 Å². The second kappa shape index (κ2) is 15.5. The van der Waals surface area contributed by atoms with Crippen molar-refractivity contribution in [2.75, 3.05) is 6.61 Å². The van der Waals surface area contributed by atoms with Gasteiger partial charge < -0.3 is 43.2 Å². The average molecular weight is 395 g/mol. The van der Waals surface area contributed by atoms with Gasteiger partial charge in [0.15, 0.2) is 0 Å². The van der Waals surface area contributed by atoms with Gasteiger partial charge in [0.2, 0.25) is 0 Å². The molecule has 14 heteroatoms. The molecule has 1 aliphatic rings. The first kappa shape index (κ1) is 32.0. The number of rotatable bonds is 0. The molecule has 0 saturated heterocycles. The molecule has 0 N–H and O–H groups in total. The topological polar surface area (TPSA) is 182 Å². The quantitative estimate of drug-likeness (QED) is 0.308. The van der Waals surface area contributed by atoms with E-state index in [0.717, 1.165) is 5.75 Å². The molecule has 0 fully saturated rings. The van der Waals surface area contributed by atoms with Crippen LogP contribution in [0.3, 0.4) is 0 Å². The maximum atomic E-state index is 8.55.